The van der Waals surface area contributed by atoms with Crippen molar-refractivity contribution in [1.29, 1.82) is 0 Å². The van der Waals surface area contributed by atoms with Crippen molar-refractivity contribution < 1.29 is 0 Å². The zero-order chi connectivity index (χ0) is 13.9. The number of rotatable bonds is 4. The monoisotopic (exact) mass is 293 g/mol. The summed E-state index contributed by atoms with van der Waals surface area (Å²) in [6.45, 7) is 3.25. The highest BCUT2D eigenvalue weighted by molar-refractivity contribution is 7.15. The number of nitrogens with one attached hydrogen (secondary N) is 1. The zero-order valence-electron chi connectivity index (χ0n) is 12.8. The second kappa shape index (κ2) is 6.44. The fraction of sp³-hybridized carbons (Fsp3) is 0.812. The number of hydrogen-bond acceptors (Lipinski definition) is 4. The summed E-state index contributed by atoms with van der Waals surface area (Å²) in [6, 6.07) is 1.27. The minimum atomic E-state index is 0.551. The maximum Gasteiger partial charge on any atom is 0.185 e. The quantitative estimate of drug-likeness (QED) is 0.912. The molecule has 0 aliphatic heterocycles. The number of aryl methyl sites for hydroxylation is 1. The van der Waals surface area contributed by atoms with E-state index in [1.54, 1.807) is 0 Å². The van der Waals surface area contributed by atoms with E-state index >= 15 is 0 Å². The molecule has 112 valence electrons. The summed E-state index contributed by atoms with van der Waals surface area (Å²) in [5.41, 5.74) is 1.37. The molecule has 0 amide bonds. The van der Waals surface area contributed by atoms with E-state index in [1.165, 1.54) is 67.1 Å². The van der Waals surface area contributed by atoms with Gasteiger partial charge in [-0.3, -0.25) is 0 Å². The molecule has 0 spiro atoms. The molecule has 2 aliphatic carbocycles. The minimum Gasteiger partial charge on any atom is -0.348 e. The standard InChI is InChI=1S/C16H27N3S/c1-3-17-13-10-7-11-14-15(13)20-16(18-14)19(2)12-8-5-4-6-9-12/h12-13,17H,3-11H2,1-2H3. The molecule has 0 saturated heterocycles. The molecule has 1 atom stereocenters. The summed E-state index contributed by atoms with van der Waals surface area (Å²) in [6.07, 6.45) is 10.6. The Morgan fingerprint density at radius 3 is 2.75 bits per heavy atom. The van der Waals surface area contributed by atoms with E-state index in [9.17, 15) is 0 Å². The van der Waals surface area contributed by atoms with Crippen LogP contribution in [0.15, 0.2) is 0 Å². The Kier molecular flexibility index (Phi) is 4.61. The minimum absolute atomic E-state index is 0.551. The number of hydrogen-bond donors (Lipinski definition) is 1. The normalized spacial score (nSPS) is 23.6. The van der Waals surface area contributed by atoms with Crippen molar-refractivity contribution in [1.82, 2.24) is 10.3 Å². The Labute approximate surface area is 126 Å². The van der Waals surface area contributed by atoms with Crippen LogP contribution in [0, 0.1) is 0 Å². The third-order valence-corrected chi connectivity index (χ3v) is 6.12. The van der Waals surface area contributed by atoms with Gasteiger partial charge < -0.3 is 10.2 Å². The Hall–Kier alpha value is -0.610. The van der Waals surface area contributed by atoms with E-state index < -0.39 is 0 Å². The van der Waals surface area contributed by atoms with E-state index in [1.807, 2.05) is 11.3 Å². The molecule has 20 heavy (non-hydrogen) atoms. The maximum atomic E-state index is 4.96. The number of thiazole rings is 1. The fourth-order valence-electron chi connectivity index (χ4n) is 3.62. The van der Waals surface area contributed by atoms with Crippen LogP contribution >= 0.6 is 11.3 Å². The number of aromatic nitrogens is 1. The van der Waals surface area contributed by atoms with Crippen molar-refractivity contribution >= 4 is 16.5 Å². The van der Waals surface area contributed by atoms with Gasteiger partial charge in [0, 0.05) is 24.0 Å². The number of nitrogens with zero attached hydrogens (tertiary/aromatic N) is 2. The Balaban J connectivity index is 1.77. The first-order valence-electron chi connectivity index (χ1n) is 8.25. The van der Waals surface area contributed by atoms with Gasteiger partial charge in [0.25, 0.3) is 0 Å². The lowest BCUT2D eigenvalue weighted by atomic mass is 9.95. The summed E-state index contributed by atoms with van der Waals surface area (Å²) in [5, 5.41) is 4.88. The van der Waals surface area contributed by atoms with Gasteiger partial charge in [0.1, 0.15) is 0 Å². The lowest BCUT2D eigenvalue weighted by Gasteiger charge is -2.30. The highest BCUT2D eigenvalue weighted by Crippen LogP contribution is 2.38. The molecule has 1 unspecified atom stereocenters. The molecule has 3 rings (SSSR count). The van der Waals surface area contributed by atoms with Crippen molar-refractivity contribution in [3.63, 3.8) is 0 Å². The summed E-state index contributed by atoms with van der Waals surface area (Å²) < 4.78 is 0. The average Bonchev–Trinajstić information content (AvgIpc) is 2.93. The Bertz CT molecular complexity index is 437. The molecule has 0 aromatic carbocycles. The van der Waals surface area contributed by atoms with Crippen LogP contribution in [-0.2, 0) is 6.42 Å². The Morgan fingerprint density at radius 2 is 2.00 bits per heavy atom. The summed E-state index contributed by atoms with van der Waals surface area (Å²) in [7, 11) is 2.25. The number of fused-ring (bicyclic) bond motifs is 1. The molecule has 3 nitrogen and oxygen atoms in total. The topological polar surface area (TPSA) is 28.2 Å². The molecule has 1 fully saturated rings. The van der Waals surface area contributed by atoms with Gasteiger partial charge in [-0.15, -0.1) is 0 Å². The van der Waals surface area contributed by atoms with Gasteiger partial charge in [-0.2, -0.15) is 0 Å². The van der Waals surface area contributed by atoms with Crippen molar-refractivity contribution in [2.75, 3.05) is 18.5 Å². The van der Waals surface area contributed by atoms with Crippen LogP contribution in [0.1, 0.15) is 68.5 Å². The largest absolute Gasteiger partial charge is 0.348 e. The molecule has 1 aromatic rings. The second-order valence-electron chi connectivity index (χ2n) is 6.21. The van der Waals surface area contributed by atoms with Crippen LogP contribution in [0.4, 0.5) is 5.13 Å². The van der Waals surface area contributed by atoms with Crippen molar-refractivity contribution in [3.8, 4) is 0 Å². The van der Waals surface area contributed by atoms with Crippen LogP contribution in [0.25, 0.3) is 0 Å². The van der Waals surface area contributed by atoms with E-state index in [0.717, 1.165) is 6.54 Å². The molecule has 2 aliphatic rings. The first-order valence-corrected chi connectivity index (χ1v) is 9.07. The van der Waals surface area contributed by atoms with Crippen LogP contribution < -0.4 is 10.2 Å². The molecular formula is C16H27N3S. The summed E-state index contributed by atoms with van der Waals surface area (Å²) in [4.78, 5) is 8.94. The van der Waals surface area contributed by atoms with E-state index in [0.29, 0.717) is 12.1 Å². The summed E-state index contributed by atoms with van der Waals surface area (Å²) in [5.74, 6) is 0. The van der Waals surface area contributed by atoms with Crippen molar-refractivity contribution in [2.45, 2.75) is 70.4 Å². The molecular weight excluding hydrogens is 266 g/mol. The predicted octanol–water partition coefficient (Wildman–Crippen LogP) is 3.90. The molecule has 1 heterocycles. The van der Waals surface area contributed by atoms with Gasteiger partial charge in [0.05, 0.1) is 5.69 Å². The zero-order valence-corrected chi connectivity index (χ0v) is 13.6. The predicted molar refractivity (Wildman–Crippen MR) is 86.7 cm³/mol. The highest BCUT2D eigenvalue weighted by atomic mass is 32.1. The molecule has 1 N–H and O–H groups in total. The van der Waals surface area contributed by atoms with Gasteiger partial charge >= 0.3 is 0 Å². The number of anilines is 1. The van der Waals surface area contributed by atoms with Crippen LogP contribution in [0.3, 0.4) is 0 Å². The fourth-order valence-corrected chi connectivity index (χ4v) is 4.88. The SMILES string of the molecule is CCNC1CCCc2nc(N(C)C3CCCCC3)sc21. The van der Waals surface area contributed by atoms with E-state index in [2.05, 4.69) is 24.2 Å². The Morgan fingerprint density at radius 1 is 1.20 bits per heavy atom. The molecule has 0 bridgehead atoms. The lowest BCUT2D eigenvalue weighted by molar-refractivity contribution is 0.427. The van der Waals surface area contributed by atoms with E-state index in [-0.39, 0.29) is 0 Å². The molecule has 0 radical (unpaired) electrons. The summed E-state index contributed by atoms with van der Waals surface area (Å²) >= 11 is 1.94. The lowest BCUT2D eigenvalue weighted by Crippen LogP contribution is -2.33. The first kappa shape index (κ1) is 14.3. The maximum absolute atomic E-state index is 4.96. The molecule has 1 aromatic heterocycles. The van der Waals surface area contributed by atoms with Crippen molar-refractivity contribution in [2.24, 2.45) is 0 Å². The van der Waals surface area contributed by atoms with Gasteiger partial charge in [-0.25, -0.2) is 4.98 Å². The molecule has 4 heteroatoms. The highest BCUT2D eigenvalue weighted by Gasteiger charge is 2.27. The third kappa shape index (κ3) is 2.86. The van der Waals surface area contributed by atoms with E-state index in [4.69, 9.17) is 4.98 Å². The van der Waals surface area contributed by atoms with Gasteiger partial charge in [-0.1, -0.05) is 37.5 Å². The van der Waals surface area contributed by atoms with Gasteiger partial charge in [-0.05, 0) is 38.6 Å². The first-order chi connectivity index (χ1) is 9.79. The average molecular weight is 293 g/mol. The van der Waals surface area contributed by atoms with Crippen LogP contribution in [0.5, 0.6) is 0 Å². The van der Waals surface area contributed by atoms with Gasteiger partial charge in [0.15, 0.2) is 5.13 Å². The smallest absolute Gasteiger partial charge is 0.185 e. The third-order valence-electron chi connectivity index (χ3n) is 4.81. The van der Waals surface area contributed by atoms with Gasteiger partial charge in [0.2, 0.25) is 0 Å². The second-order valence-corrected chi connectivity index (χ2v) is 7.22. The van der Waals surface area contributed by atoms with Crippen LogP contribution in [0.2, 0.25) is 0 Å². The van der Waals surface area contributed by atoms with Crippen molar-refractivity contribution in [3.05, 3.63) is 10.6 Å². The molecule has 1 saturated carbocycles. The van der Waals surface area contributed by atoms with Crippen LogP contribution in [-0.4, -0.2) is 24.6 Å².